The highest BCUT2D eigenvalue weighted by molar-refractivity contribution is 14.0. The summed E-state index contributed by atoms with van der Waals surface area (Å²) >= 11 is 7.64. The molecule has 26 heavy (non-hydrogen) atoms. The van der Waals surface area contributed by atoms with Gasteiger partial charge < -0.3 is 14.8 Å². The molecule has 1 atom stereocenters. The fourth-order valence-electron chi connectivity index (χ4n) is 2.35. The van der Waals surface area contributed by atoms with Gasteiger partial charge in [0.15, 0.2) is 5.96 Å². The molecule has 9 heteroatoms. The Labute approximate surface area is 182 Å². The Morgan fingerprint density at radius 2 is 2.19 bits per heavy atom. The lowest BCUT2D eigenvalue weighted by atomic mass is 10.3. The highest BCUT2D eigenvalue weighted by atomic mass is 127. The minimum atomic E-state index is 0. The van der Waals surface area contributed by atoms with E-state index in [4.69, 9.17) is 16.6 Å². The highest BCUT2D eigenvalue weighted by Crippen LogP contribution is 2.22. The van der Waals surface area contributed by atoms with E-state index >= 15 is 0 Å². The summed E-state index contributed by atoms with van der Waals surface area (Å²) < 4.78 is 2.88. The van der Waals surface area contributed by atoms with Crippen LogP contribution in [0.2, 0.25) is 4.34 Å². The molecule has 0 saturated heterocycles. The first kappa shape index (κ1) is 23.2. The zero-order valence-corrected chi connectivity index (χ0v) is 19.7. The van der Waals surface area contributed by atoms with Gasteiger partial charge in [0, 0.05) is 30.9 Å². The molecule has 6 nitrogen and oxygen atoms in total. The topological polar surface area (TPSA) is 58.3 Å². The molecule has 2 heterocycles. The first-order chi connectivity index (χ1) is 12.0. The van der Waals surface area contributed by atoms with Gasteiger partial charge in [-0.25, -0.2) is 0 Å². The maximum absolute atomic E-state index is 6.04. The van der Waals surface area contributed by atoms with E-state index in [-0.39, 0.29) is 24.0 Å². The van der Waals surface area contributed by atoms with Crippen LogP contribution >= 0.6 is 46.9 Å². The summed E-state index contributed by atoms with van der Waals surface area (Å²) in [5.74, 6) is 1.90. The first-order valence-corrected chi connectivity index (χ1v) is 9.85. The summed E-state index contributed by atoms with van der Waals surface area (Å²) in [6, 6.07) is 4.37. The second kappa shape index (κ2) is 11.8. The second-order valence-corrected chi connectivity index (χ2v) is 7.81. The van der Waals surface area contributed by atoms with Gasteiger partial charge in [-0.1, -0.05) is 25.4 Å². The Morgan fingerprint density at radius 1 is 1.42 bits per heavy atom. The number of aryl methyl sites for hydroxylation is 1. The van der Waals surface area contributed by atoms with Gasteiger partial charge in [0.05, 0.1) is 17.4 Å². The molecule has 1 unspecified atom stereocenters. The molecule has 0 aromatic carbocycles. The van der Waals surface area contributed by atoms with E-state index in [9.17, 15) is 0 Å². The SMILES string of the molecule is CCc1nncn1CCN=C(NC(C)CC)N(C)Cc1ccc(Cl)s1.I. The number of guanidine groups is 1. The Morgan fingerprint density at radius 3 is 2.81 bits per heavy atom. The van der Waals surface area contributed by atoms with Crippen molar-refractivity contribution < 1.29 is 0 Å². The number of halogens is 2. The molecule has 1 N–H and O–H groups in total. The Hall–Kier alpha value is -0.870. The van der Waals surface area contributed by atoms with E-state index in [0.29, 0.717) is 12.6 Å². The van der Waals surface area contributed by atoms with Gasteiger partial charge in [0.2, 0.25) is 0 Å². The van der Waals surface area contributed by atoms with E-state index in [1.165, 1.54) is 4.88 Å². The van der Waals surface area contributed by atoms with Gasteiger partial charge in [0.25, 0.3) is 0 Å². The molecule has 2 aromatic rings. The highest BCUT2D eigenvalue weighted by Gasteiger charge is 2.11. The monoisotopic (exact) mass is 510 g/mol. The number of hydrogen-bond acceptors (Lipinski definition) is 4. The molecule has 2 aromatic heterocycles. The Balaban J connectivity index is 0.00000338. The number of rotatable bonds is 8. The van der Waals surface area contributed by atoms with Crippen molar-refractivity contribution in [3.8, 4) is 0 Å². The average Bonchev–Trinajstić information content (AvgIpc) is 3.22. The molecule has 0 saturated carbocycles. The lowest BCUT2D eigenvalue weighted by Gasteiger charge is -2.24. The number of nitrogens with one attached hydrogen (secondary N) is 1. The van der Waals surface area contributed by atoms with Gasteiger partial charge in [-0.2, -0.15) is 0 Å². The van der Waals surface area contributed by atoms with E-state index in [0.717, 1.165) is 42.1 Å². The molecule has 0 radical (unpaired) electrons. The Kier molecular flexibility index (Phi) is 10.5. The first-order valence-electron chi connectivity index (χ1n) is 8.66. The van der Waals surface area contributed by atoms with Crippen molar-refractivity contribution in [1.82, 2.24) is 25.0 Å². The third-order valence-corrected chi connectivity index (χ3v) is 5.20. The van der Waals surface area contributed by atoms with Crippen LogP contribution in [0.5, 0.6) is 0 Å². The normalized spacial score (nSPS) is 12.6. The molecule has 0 bridgehead atoms. The molecule has 146 valence electrons. The Bertz CT molecular complexity index is 686. The van der Waals surface area contributed by atoms with E-state index in [1.54, 1.807) is 17.7 Å². The van der Waals surface area contributed by atoms with Crippen LogP contribution in [-0.4, -0.2) is 45.3 Å². The van der Waals surface area contributed by atoms with Crippen LogP contribution in [0.25, 0.3) is 0 Å². The number of thiophene rings is 1. The number of nitrogens with zero attached hydrogens (tertiary/aromatic N) is 5. The van der Waals surface area contributed by atoms with Crippen LogP contribution in [0, 0.1) is 0 Å². The van der Waals surface area contributed by atoms with E-state index in [1.807, 2.05) is 6.07 Å². The summed E-state index contributed by atoms with van der Waals surface area (Å²) in [5, 5.41) is 11.6. The van der Waals surface area contributed by atoms with Crippen molar-refractivity contribution in [1.29, 1.82) is 0 Å². The van der Waals surface area contributed by atoms with Gasteiger partial charge in [-0.05, 0) is 25.5 Å². The van der Waals surface area contributed by atoms with E-state index in [2.05, 4.69) is 58.9 Å². The quantitative estimate of drug-likeness (QED) is 0.331. The molecule has 0 amide bonds. The predicted octanol–water partition coefficient (Wildman–Crippen LogP) is 4.05. The van der Waals surface area contributed by atoms with Gasteiger partial charge >= 0.3 is 0 Å². The van der Waals surface area contributed by atoms with Crippen LogP contribution in [0.15, 0.2) is 23.5 Å². The maximum atomic E-state index is 6.04. The van der Waals surface area contributed by atoms with Crippen molar-refractivity contribution in [2.24, 2.45) is 4.99 Å². The number of aliphatic imine (C=N–C) groups is 1. The predicted molar refractivity (Wildman–Crippen MR) is 121 cm³/mol. The fraction of sp³-hybridized carbons (Fsp3) is 0.588. The summed E-state index contributed by atoms with van der Waals surface area (Å²) in [7, 11) is 2.05. The van der Waals surface area contributed by atoms with Crippen LogP contribution in [0.3, 0.4) is 0 Å². The maximum Gasteiger partial charge on any atom is 0.194 e. The molecule has 0 aliphatic heterocycles. The summed E-state index contributed by atoms with van der Waals surface area (Å²) in [4.78, 5) is 8.15. The van der Waals surface area contributed by atoms with Crippen molar-refractivity contribution in [3.63, 3.8) is 0 Å². The minimum Gasteiger partial charge on any atom is -0.354 e. The molecule has 0 aliphatic rings. The molecular weight excluding hydrogens is 483 g/mol. The lowest BCUT2D eigenvalue weighted by molar-refractivity contribution is 0.461. The van der Waals surface area contributed by atoms with Crippen LogP contribution in [0.4, 0.5) is 0 Å². The van der Waals surface area contributed by atoms with Gasteiger partial charge in [0.1, 0.15) is 12.2 Å². The van der Waals surface area contributed by atoms with Crippen molar-refractivity contribution in [2.45, 2.75) is 52.7 Å². The smallest absolute Gasteiger partial charge is 0.194 e. The molecule has 0 fully saturated rings. The third-order valence-electron chi connectivity index (χ3n) is 3.99. The summed E-state index contributed by atoms with van der Waals surface area (Å²) in [6.45, 7) is 8.66. The molecule has 0 aliphatic carbocycles. The number of aromatic nitrogens is 3. The minimum absolute atomic E-state index is 0. The summed E-state index contributed by atoms with van der Waals surface area (Å²) in [5.41, 5.74) is 0. The molecule has 2 rings (SSSR count). The second-order valence-electron chi connectivity index (χ2n) is 6.01. The largest absolute Gasteiger partial charge is 0.354 e. The lowest BCUT2D eigenvalue weighted by Crippen LogP contribution is -2.43. The standard InChI is InChI=1S/C17H27ClN6S.HI/c1-5-13(3)21-17(23(4)11-14-7-8-15(18)25-14)19-9-10-24-12-20-22-16(24)6-2;/h7-8,12-13H,5-6,9-11H2,1-4H3,(H,19,21);1H. The van der Waals surface area contributed by atoms with Crippen LogP contribution < -0.4 is 5.32 Å². The third kappa shape index (κ3) is 7.03. The molecule has 0 spiro atoms. The zero-order chi connectivity index (χ0) is 18.2. The van der Waals surface area contributed by atoms with Gasteiger partial charge in [-0.3, -0.25) is 4.99 Å². The zero-order valence-electron chi connectivity index (χ0n) is 15.8. The number of hydrogen-bond donors (Lipinski definition) is 1. The molecular formula is C17H28ClIN6S. The van der Waals surface area contributed by atoms with Crippen LogP contribution in [-0.2, 0) is 19.5 Å². The average molecular weight is 511 g/mol. The van der Waals surface area contributed by atoms with E-state index < -0.39 is 0 Å². The fourth-order valence-corrected chi connectivity index (χ4v) is 3.49. The van der Waals surface area contributed by atoms with Crippen molar-refractivity contribution >= 4 is 52.9 Å². The van der Waals surface area contributed by atoms with Crippen LogP contribution in [0.1, 0.15) is 37.9 Å². The van der Waals surface area contributed by atoms with Gasteiger partial charge in [-0.15, -0.1) is 45.5 Å². The van der Waals surface area contributed by atoms with Crippen molar-refractivity contribution in [2.75, 3.05) is 13.6 Å². The van der Waals surface area contributed by atoms with Crippen molar-refractivity contribution in [3.05, 3.63) is 33.5 Å². The summed E-state index contributed by atoms with van der Waals surface area (Å²) in [6.07, 6.45) is 3.69.